The zero-order chi connectivity index (χ0) is 9.14. The lowest BCUT2D eigenvalue weighted by atomic mass is 10.3. The van der Waals surface area contributed by atoms with Crippen LogP contribution in [-0.4, -0.2) is 26.3 Å². The number of hydrogen-bond donors (Lipinski definition) is 1. The number of carboxylic acid groups (broad SMARTS) is 1. The Morgan fingerprint density at radius 2 is 2.25 bits per heavy atom. The van der Waals surface area contributed by atoms with Crippen LogP contribution in [0.3, 0.4) is 0 Å². The van der Waals surface area contributed by atoms with Crippen molar-refractivity contribution in [1.82, 2.24) is 0 Å². The van der Waals surface area contributed by atoms with Gasteiger partial charge in [0.05, 0.1) is 0 Å². The molecule has 2 unspecified atom stereocenters. The molecule has 70 valence electrons. The molecule has 0 aromatic heterocycles. The molecule has 1 N–H and O–H groups in total. The topological polar surface area (TPSA) is 54.4 Å². The molecule has 0 spiro atoms. The molecule has 4 heteroatoms. The van der Waals surface area contributed by atoms with Crippen molar-refractivity contribution in [3.8, 4) is 0 Å². The summed E-state index contributed by atoms with van der Waals surface area (Å²) in [5.41, 5.74) is 0. The largest absolute Gasteiger partial charge is 0.480 e. The first-order valence-electron chi connectivity index (χ1n) is 4.21. The van der Waals surface area contributed by atoms with Crippen LogP contribution in [0.15, 0.2) is 0 Å². The molecule has 0 heterocycles. The van der Waals surface area contributed by atoms with Crippen molar-refractivity contribution < 1.29 is 14.1 Å². The minimum absolute atomic E-state index is 0.554. The van der Waals surface area contributed by atoms with Crippen LogP contribution >= 0.6 is 0 Å². The summed E-state index contributed by atoms with van der Waals surface area (Å²) in [7, 11) is -1.18. The Morgan fingerprint density at radius 1 is 1.67 bits per heavy atom. The van der Waals surface area contributed by atoms with Gasteiger partial charge in [-0.15, -0.1) is 0 Å². The van der Waals surface area contributed by atoms with Crippen LogP contribution in [0, 0.1) is 5.92 Å². The zero-order valence-electron chi connectivity index (χ0n) is 7.16. The van der Waals surface area contributed by atoms with Gasteiger partial charge in [-0.1, -0.05) is 12.8 Å². The summed E-state index contributed by atoms with van der Waals surface area (Å²) >= 11 is 0. The monoisotopic (exact) mass is 190 g/mol. The minimum Gasteiger partial charge on any atom is -0.480 e. The molecule has 0 aliphatic heterocycles. The second-order valence-electron chi connectivity index (χ2n) is 3.30. The second-order valence-corrected chi connectivity index (χ2v) is 5.17. The summed E-state index contributed by atoms with van der Waals surface area (Å²) in [4.78, 5) is 10.4. The van der Waals surface area contributed by atoms with Gasteiger partial charge in [-0.2, -0.15) is 0 Å². The van der Waals surface area contributed by atoms with E-state index in [-0.39, 0.29) is 0 Å². The van der Waals surface area contributed by atoms with Gasteiger partial charge < -0.3 is 5.11 Å². The molecule has 0 aromatic rings. The lowest BCUT2D eigenvalue weighted by Crippen LogP contribution is -2.23. The van der Waals surface area contributed by atoms with E-state index >= 15 is 0 Å². The molecule has 0 saturated heterocycles. The molecular weight excluding hydrogens is 176 g/mol. The standard InChI is InChI=1S/C8H14O3S/c1-6(8(9)10)12(11)5-4-7-2-3-7/h6-7H,2-5H2,1H3,(H,9,10). The summed E-state index contributed by atoms with van der Waals surface area (Å²) in [6.07, 6.45) is 3.40. The molecule has 0 amide bonds. The first-order chi connectivity index (χ1) is 5.61. The predicted octanol–water partition coefficient (Wildman–Crippen LogP) is 1.01. The number of carbonyl (C=O) groups is 1. The number of hydrogen-bond acceptors (Lipinski definition) is 2. The Labute approximate surface area is 74.6 Å². The summed E-state index contributed by atoms with van der Waals surface area (Å²) < 4.78 is 11.2. The Hall–Kier alpha value is -0.380. The van der Waals surface area contributed by atoms with Crippen molar-refractivity contribution in [2.75, 3.05) is 5.75 Å². The fourth-order valence-corrected chi connectivity index (χ4v) is 2.12. The highest BCUT2D eigenvalue weighted by atomic mass is 32.2. The van der Waals surface area contributed by atoms with Gasteiger partial charge in [0.25, 0.3) is 0 Å². The van der Waals surface area contributed by atoms with Crippen molar-refractivity contribution in [2.24, 2.45) is 5.92 Å². The Bertz CT molecular complexity index is 198. The summed E-state index contributed by atoms with van der Waals surface area (Å²) in [6.45, 7) is 1.51. The first-order valence-corrected chi connectivity index (χ1v) is 5.59. The van der Waals surface area contributed by atoms with Crippen LogP contribution in [0.25, 0.3) is 0 Å². The summed E-state index contributed by atoms with van der Waals surface area (Å²) in [5, 5.41) is 7.84. The van der Waals surface area contributed by atoms with Crippen LogP contribution in [0.1, 0.15) is 26.2 Å². The van der Waals surface area contributed by atoms with Gasteiger partial charge in [0.15, 0.2) is 0 Å². The van der Waals surface area contributed by atoms with E-state index in [1.807, 2.05) is 0 Å². The van der Waals surface area contributed by atoms with Crippen molar-refractivity contribution in [1.29, 1.82) is 0 Å². The Kier molecular flexibility index (Phi) is 3.26. The average molecular weight is 190 g/mol. The van der Waals surface area contributed by atoms with E-state index in [1.165, 1.54) is 19.8 Å². The molecule has 1 saturated carbocycles. The van der Waals surface area contributed by atoms with Crippen LogP contribution in [0.5, 0.6) is 0 Å². The molecule has 1 aliphatic carbocycles. The van der Waals surface area contributed by atoms with E-state index in [2.05, 4.69) is 0 Å². The van der Waals surface area contributed by atoms with Crippen LogP contribution in [-0.2, 0) is 15.6 Å². The molecule has 0 radical (unpaired) electrons. The maximum atomic E-state index is 11.2. The highest BCUT2D eigenvalue weighted by Crippen LogP contribution is 2.32. The van der Waals surface area contributed by atoms with E-state index in [9.17, 15) is 9.00 Å². The van der Waals surface area contributed by atoms with Gasteiger partial charge >= 0.3 is 5.97 Å². The molecule has 3 nitrogen and oxygen atoms in total. The maximum absolute atomic E-state index is 11.2. The minimum atomic E-state index is -1.18. The van der Waals surface area contributed by atoms with Crippen LogP contribution in [0.4, 0.5) is 0 Å². The van der Waals surface area contributed by atoms with Gasteiger partial charge in [0, 0.05) is 16.6 Å². The van der Waals surface area contributed by atoms with Gasteiger partial charge in [-0.25, -0.2) is 0 Å². The first kappa shape index (κ1) is 9.71. The van der Waals surface area contributed by atoms with Gasteiger partial charge in [0.2, 0.25) is 0 Å². The van der Waals surface area contributed by atoms with E-state index in [0.717, 1.165) is 12.3 Å². The lowest BCUT2D eigenvalue weighted by Gasteiger charge is -2.04. The predicted molar refractivity (Wildman–Crippen MR) is 47.4 cm³/mol. The fraction of sp³-hybridized carbons (Fsp3) is 0.875. The molecule has 1 aliphatic rings. The van der Waals surface area contributed by atoms with E-state index < -0.39 is 22.0 Å². The molecule has 0 aromatic carbocycles. The number of rotatable bonds is 5. The third-order valence-electron chi connectivity index (χ3n) is 2.17. The summed E-state index contributed by atoms with van der Waals surface area (Å²) in [5.74, 6) is 0.331. The lowest BCUT2D eigenvalue weighted by molar-refractivity contribution is -0.136. The van der Waals surface area contributed by atoms with Crippen molar-refractivity contribution in [3.63, 3.8) is 0 Å². The maximum Gasteiger partial charge on any atom is 0.318 e. The average Bonchev–Trinajstić information content (AvgIpc) is 2.81. The van der Waals surface area contributed by atoms with Gasteiger partial charge in [-0.3, -0.25) is 9.00 Å². The third-order valence-corrected chi connectivity index (χ3v) is 3.79. The molecular formula is C8H14O3S. The Morgan fingerprint density at radius 3 is 2.67 bits per heavy atom. The molecule has 12 heavy (non-hydrogen) atoms. The van der Waals surface area contributed by atoms with E-state index in [4.69, 9.17) is 5.11 Å². The fourth-order valence-electron chi connectivity index (χ4n) is 0.979. The number of carboxylic acids is 1. The highest BCUT2D eigenvalue weighted by Gasteiger charge is 2.24. The summed E-state index contributed by atoms with van der Waals surface area (Å²) in [6, 6.07) is 0. The molecule has 1 fully saturated rings. The third kappa shape index (κ3) is 2.93. The number of aliphatic carboxylic acids is 1. The highest BCUT2D eigenvalue weighted by molar-refractivity contribution is 7.86. The normalized spacial score (nSPS) is 21.8. The second kappa shape index (κ2) is 4.03. The van der Waals surface area contributed by atoms with Gasteiger partial charge in [0.1, 0.15) is 5.25 Å². The smallest absolute Gasteiger partial charge is 0.318 e. The van der Waals surface area contributed by atoms with Crippen molar-refractivity contribution >= 4 is 16.8 Å². The van der Waals surface area contributed by atoms with Crippen LogP contribution in [0.2, 0.25) is 0 Å². The molecule has 0 bridgehead atoms. The van der Waals surface area contributed by atoms with E-state index in [1.54, 1.807) is 0 Å². The SMILES string of the molecule is CC(C(=O)O)S(=O)CCC1CC1. The Balaban J connectivity index is 2.21. The quantitative estimate of drug-likeness (QED) is 0.704. The van der Waals surface area contributed by atoms with Crippen LogP contribution < -0.4 is 0 Å². The van der Waals surface area contributed by atoms with E-state index in [0.29, 0.717) is 5.75 Å². The van der Waals surface area contributed by atoms with Crippen molar-refractivity contribution in [3.05, 3.63) is 0 Å². The van der Waals surface area contributed by atoms with Gasteiger partial charge in [-0.05, 0) is 19.3 Å². The van der Waals surface area contributed by atoms with Crippen molar-refractivity contribution in [2.45, 2.75) is 31.4 Å². The zero-order valence-corrected chi connectivity index (χ0v) is 7.97. The molecule has 2 atom stereocenters. The molecule has 1 rings (SSSR count).